The summed E-state index contributed by atoms with van der Waals surface area (Å²) in [7, 11) is 0. The van der Waals surface area contributed by atoms with Gasteiger partial charge in [-0.25, -0.2) is 4.98 Å². The summed E-state index contributed by atoms with van der Waals surface area (Å²) in [5.41, 5.74) is 10.6. The number of benzene rings is 9. The van der Waals surface area contributed by atoms with E-state index in [1.54, 1.807) is 0 Å². The lowest BCUT2D eigenvalue weighted by atomic mass is 9.99. The Morgan fingerprint density at radius 2 is 0.831 bits per heavy atom. The fourth-order valence-corrected chi connectivity index (χ4v) is 9.62. The highest BCUT2D eigenvalue weighted by atomic mass is 16.3. The van der Waals surface area contributed by atoms with Crippen LogP contribution in [0.3, 0.4) is 0 Å². The third-order valence-electron chi connectivity index (χ3n) is 12.5. The van der Waals surface area contributed by atoms with Crippen molar-refractivity contribution in [1.29, 1.82) is 0 Å². The summed E-state index contributed by atoms with van der Waals surface area (Å²) in [6, 6.07) is 62.8. The topological polar surface area (TPSA) is 83.0 Å². The average Bonchev–Trinajstić information content (AvgIpc) is 4.12. The van der Waals surface area contributed by atoms with Crippen molar-refractivity contribution >= 4 is 98.4 Å². The minimum atomic E-state index is 0.493. The summed E-state index contributed by atoms with van der Waals surface area (Å²) in [4.78, 5) is 16.0. The van der Waals surface area contributed by atoms with Gasteiger partial charge in [0.05, 0.1) is 11.0 Å². The van der Waals surface area contributed by atoms with Crippen LogP contribution in [-0.2, 0) is 0 Å². The van der Waals surface area contributed by atoms with Crippen molar-refractivity contribution in [3.63, 3.8) is 0 Å². The lowest BCUT2D eigenvalue weighted by Crippen LogP contribution is -2.07. The predicted molar refractivity (Wildman–Crippen MR) is 266 cm³/mol. The molecule has 0 spiro atoms. The average molecular weight is 839 g/mol. The lowest BCUT2D eigenvalue weighted by Gasteiger charge is -2.13. The molecule has 0 unspecified atom stereocenters. The zero-order valence-electron chi connectivity index (χ0n) is 35.5. The van der Waals surface area contributed by atoms with E-state index in [0.29, 0.717) is 17.6 Å². The maximum absolute atomic E-state index is 6.43. The maximum Gasteiger partial charge on any atom is 0.238 e. The molecule has 0 amide bonds. The summed E-state index contributed by atoms with van der Waals surface area (Å²) in [6.07, 6.45) is 1.25. The van der Waals surface area contributed by atoms with Crippen molar-refractivity contribution in [2.75, 3.05) is 0 Å². The molecule has 14 aromatic rings. The minimum absolute atomic E-state index is 0.493. The molecule has 0 atom stereocenters. The number of furan rings is 3. The first-order chi connectivity index (χ1) is 32.1. The molecule has 7 nitrogen and oxygen atoms in total. The molecule has 5 heterocycles. The molecule has 9 aromatic carbocycles. The first-order valence-corrected chi connectivity index (χ1v) is 22.1. The fraction of sp³-hybridized carbons (Fsp3) is 0.0517. The van der Waals surface area contributed by atoms with Gasteiger partial charge in [0.15, 0.2) is 11.6 Å². The minimum Gasteiger partial charge on any atom is -0.456 e. The van der Waals surface area contributed by atoms with E-state index < -0.39 is 0 Å². The SMILES string of the molecule is CCC.c1ccc2c(c1)ccc1c2c2cccc(-c3ccc4c(c3)oc3ccccc34)c2n1-c1nc(-c2ccc3c(c2)oc2ccccc23)nc(-c2ccc3c(c2)oc2ccccc23)n1. The summed E-state index contributed by atoms with van der Waals surface area (Å²) < 4.78 is 21.4. The summed E-state index contributed by atoms with van der Waals surface area (Å²) in [6.45, 7) is 4.25. The van der Waals surface area contributed by atoms with Gasteiger partial charge in [-0.15, -0.1) is 0 Å². The van der Waals surface area contributed by atoms with Gasteiger partial charge in [-0.2, -0.15) is 9.97 Å². The van der Waals surface area contributed by atoms with E-state index in [4.69, 9.17) is 28.2 Å². The Morgan fingerprint density at radius 3 is 1.38 bits per heavy atom. The third kappa shape index (κ3) is 5.79. The Hall–Kier alpha value is -8.55. The van der Waals surface area contributed by atoms with E-state index in [0.717, 1.165) is 121 Å². The highest BCUT2D eigenvalue weighted by molar-refractivity contribution is 6.23. The van der Waals surface area contributed by atoms with Crippen LogP contribution in [0.5, 0.6) is 0 Å². The van der Waals surface area contributed by atoms with Crippen molar-refractivity contribution < 1.29 is 13.3 Å². The Morgan fingerprint density at radius 1 is 0.385 bits per heavy atom. The Balaban J connectivity index is 0.00000138. The molecular weight excluding hydrogens is 801 g/mol. The van der Waals surface area contributed by atoms with Crippen molar-refractivity contribution in [2.24, 2.45) is 0 Å². The molecule has 7 heteroatoms. The zero-order valence-corrected chi connectivity index (χ0v) is 35.5. The molecule has 65 heavy (non-hydrogen) atoms. The molecule has 0 aliphatic carbocycles. The van der Waals surface area contributed by atoms with Crippen molar-refractivity contribution in [2.45, 2.75) is 20.3 Å². The second kappa shape index (κ2) is 14.5. The molecule has 14 rings (SSSR count). The van der Waals surface area contributed by atoms with E-state index in [-0.39, 0.29) is 0 Å². The van der Waals surface area contributed by atoms with Crippen LogP contribution in [0.15, 0.2) is 195 Å². The molecular formula is C58H38N4O3. The largest absolute Gasteiger partial charge is 0.456 e. The van der Waals surface area contributed by atoms with E-state index >= 15 is 0 Å². The molecule has 0 saturated heterocycles. The quantitative estimate of drug-likeness (QED) is 0.176. The number of para-hydroxylation sites is 4. The monoisotopic (exact) mass is 838 g/mol. The highest BCUT2D eigenvalue weighted by Gasteiger charge is 2.23. The van der Waals surface area contributed by atoms with Crippen LogP contribution in [-0.4, -0.2) is 19.5 Å². The maximum atomic E-state index is 6.43. The first kappa shape index (κ1) is 37.0. The van der Waals surface area contributed by atoms with Gasteiger partial charge in [-0.3, -0.25) is 4.57 Å². The second-order valence-electron chi connectivity index (χ2n) is 16.6. The van der Waals surface area contributed by atoms with Crippen LogP contribution in [0.2, 0.25) is 0 Å². The molecule has 0 bridgehead atoms. The van der Waals surface area contributed by atoms with Gasteiger partial charge < -0.3 is 13.3 Å². The molecule has 0 saturated carbocycles. The Kier molecular flexibility index (Phi) is 8.27. The third-order valence-corrected chi connectivity index (χ3v) is 12.5. The van der Waals surface area contributed by atoms with Crippen molar-refractivity contribution in [1.82, 2.24) is 19.5 Å². The smallest absolute Gasteiger partial charge is 0.238 e. The van der Waals surface area contributed by atoms with Gasteiger partial charge in [-0.05, 0) is 77.0 Å². The summed E-state index contributed by atoms with van der Waals surface area (Å²) >= 11 is 0. The van der Waals surface area contributed by atoms with Gasteiger partial charge in [-0.1, -0.05) is 142 Å². The number of hydrogen-bond acceptors (Lipinski definition) is 6. The number of aromatic nitrogens is 4. The van der Waals surface area contributed by atoms with Gasteiger partial charge in [0.1, 0.15) is 33.5 Å². The fourth-order valence-electron chi connectivity index (χ4n) is 9.62. The number of rotatable bonds is 4. The van der Waals surface area contributed by atoms with Crippen LogP contribution in [0.4, 0.5) is 0 Å². The molecule has 0 aliphatic rings. The van der Waals surface area contributed by atoms with E-state index in [9.17, 15) is 0 Å². The predicted octanol–water partition coefficient (Wildman–Crippen LogP) is 16.2. The van der Waals surface area contributed by atoms with Gasteiger partial charge in [0.25, 0.3) is 0 Å². The summed E-state index contributed by atoms with van der Waals surface area (Å²) in [5.74, 6) is 1.54. The van der Waals surface area contributed by atoms with Crippen LogP contribution in [0, 0.1) is 0 Å². The molecule has 0 aliphatic heterocycles. The van der Waals surface area contributed by atoms with Crippen LogP contribution in [0.25, 0.3) is 138 Å². The molecule has 0 N–H and O–H groups in total. The zero-order chi connectivity index (χ0) is 43.2. The standard InChI is InChI=1S/C55H30N4O3.C3H8/c1-2-11-35-31(10-1)23-27-44-51(35)43-16-9-15-36(32-20-24-40-37-12-3-6-17-45(37)60-48(40)28-32)52(43)59(44)55-57-53(33-21-25-41-38-13-4-7-18-46(38)61-49(41)29-33)56-54(58-55)34-22-26-42-39-14-5-8-19-47(39)62-50(42)30-34;1-3-2/h1-30H;3H2,1-2H3. The first-order valence-electron chi connectivity index (χ1n) is 22.1. The molecule has 5 aromatic heterocycles. The molecule has 0 radical (unpaired) electrons. The Labute approximate surface area is 371 Å². The van der Waals surface area contributed by atoms with Gasteiger partial charge >= 0.3 is 0 Å². The highest BCUT2D eigenvalue weighted by Crippen LogP contribution is 2.43. The van der Waals surface area contributed by atoms with Gasteiger partial charge in [0.2, 0.25) is 5.95 Å². The van der Waals surface area contributed by atoms with Gasteiger partial charge in [0, 0.05) is 59.8 Å². The van der Waals surface area contributed by atoms with E-state index in [1.807, 2.05) is 60.7 Å². The second-order valence-corrected chi connectivity index (χ2v) is 16.6. The van der Waals surface area contributed by atoms with Crippen LogP contribution in [0.1, 0.15) is 20.3 Å². The van der Waals surface area contributed by atoms with Crippen LogP contribution >= 0.6 is 0 Å². The van der Waals surface area contributed by atoms with Crippen LogP contribution < -0.4 is 0 Å². The number of nitrogens with zero attached hydrogens (tertiary/aromatic N) is 4. The Bertz CT molecular complexity index is 4070. The number of hydrogen-bond donors (Lipinski definition) is 0. The van der Waals surface area contributed by atoms with E-state index in [2.05, 4.69) is 140 Å². The molecule has 0 fully saturated rings. The normalized spacial score (nSPS) is 11.9. The van der Waals surface area contributed by atoms with Crippen molar-refractivity contribution in [3.05, 3.63) is 182 Å². The number of fused-ring (bicyclic) bond motifs is 14. The van der Waals surface area contributed by atoms with E-state index in [1.165, 1.54) is 6.42 Å². The lowest BCUT2D eigenvalue weighted by molar-refractivity contribution is 0.668. The molecule has 308 valence electrons. The van der Waals surface area contributed by atoms with Crippen molar-refractivity contribution in [3.8, 4) is 39.9 Å². The summed E-state index contributed by atoms with van der Waals surface area (Å²) in [5, 5.41) is 10.9.